The van der Waals surface area contributed by atoms with Crippen molar-refractivity contribution >= 4 is 19.8 Å². The van der Waals surface area contributed by atoms with E-state index < -0.39 is 26.5 Å². The number of hydrogen-bond acceptors (Lipinski definition) is 8. The highest BCUT2D eigenvalue weighted by Crippen LogP contribution is 2.38. The number of ether oxygens (including phenoxy) is 2. The number of carbonyl (C=O) groups is 2. The molecule has 0 spiro atoms. The molecule has 10 heteroatoms. The van der Waals surface area contributed by atoms with Crippen molar-refractivity contribution in [2.75, 3.05) is 47.5 Å². The summed E-state index contributed by atoms with van der Waals surface area (Å²) in [6.45, 7) is 4.14. The molecule has 2 unspecified atom stereocenters. The van der Waals surface area contributed by atoms with Gasteiger partial charge in [0.25, 0.3) is 7.82 Å². The maximum absolute atomic E-state index is 12.8. The van der Waals surface area contributed by atoms with Crippen LogP contribution in [-0.2, 0) is 32.7 Å². The number of quaternary nitrogens is 1. The van der Waals surface area contributed by atoms with E-state index in [2.05, 4.69) is 86.8 Å². The largest absolute Gasteiger partial charge is 0.756 e. The van der Waals surface area contributed by atoms with Gasteiger partial charge in [-0.2, -0.15) is 0 Å². The highest BCUT2D eigenvalue weighted by atomic mass is 31.2. The van der Waals surface area contributed by atoms with E-state index in [0.717, 1.165) is 77.0 Å². The van der Waals surface area contributed by atoms with Crippen LogP contribution in [0.3, 0.4) is 0 Å². The van der Waals surface area contributed by atoms with Gasteiger partial charge in [0.15, 0.2) is 6.10 Å². The fourth-order valence-electron chi connectivity index (χ4n) is 7.84. The average Bonchev–Trinajstić information content (AvgIpc) is 3.32. The lowest BCUT2D eigenvalue weighted by molar-refractivity contribution is -0.870. The molecular formula is C60H108NO8P. The number of carbonyl (C=O) groups excluding carboxylic acids is 2. The minimum absolute atomic E-state index is 0.0319. The molecule has 0 amide bonds. The standard InChI is InChI=1S/C60H108NO8P/c1-6-8-10-12-14-16-18-20-22-23-24-25-26-27-28-29-30-31-32-33-34-35-36-37-39-41-43-45-47-49-51-53-60(63)69-58(57-68-70(64,65)67-55-54-61(3,4)5)56-66-59(62)52-50-48-46-44-42-40-38-21-19-17-15-13-11-9-7-2/h8,10,14,16,20,22,24-25,27-28,30-31,58H,6-7,9,11-13,15,17-19,21,23,26,29,32-57H2,1-5H3/b10-8-,16-14-,22-20-,25-24-,28-27-,31-30-. The molecule has 0 fully saturated rings. The summed E-state index contributed by atoms with van der Waals surface area (Å²) in [5.41, 5.74) is 0. The SMILES string of the molecule is CC/C=C\C/C=C\C/C=C\C/C=C\C/C=C\C/C=C\CCCCCCCCCCCCCCC(=O)OC(COC(=O)CCCCCCCCCCCCCCCCC)COP(=O)([O-])OCC[N+](C)(C)C. The quantitative estimate of drug-likeness (QED) is 0.0195. The summed E-state index contributed by atoms with van der Waals surface area (Å²) in [6.07, 6.45) is 66.6. The Hall–Kier alpha value is -2.55. The van der Waals surface area contributed by atoms with Crippen molar-refractivity contribution in [1.82, 2.24) is 0 Å². The second-order valence-electron chi connectivity index (χ2n) is 20.3. The van der Waals surface area contributed by atoms with E-state index in [9.17, 15) is 19.0 Å². The number of phosphoric ester groups is 1. The van der Waals surface area contributed by atoms with Gasteiger partial charge in [-0.3, -0.25) is 14.2 Å². The number of esters is 2. The molecule has 0 saturated carbocycles. The van der Waals surface area contributed by atoms with Crippen LogP contribution in [0.15, 0.2) is 72.9 Å². The number of nitrogens with zero attached hydrogens (tertiary/aromatic N) is 1. The molecule has 0 aliphatic carbocycles. The van der Waals surface area contributed by atoms with Gasteiger partial charge in [-0.15, -0.1) is 0 Å². The summed E-state index contributed by atoms with van der Waals surface area (Å²) in [7, 11) is 1.17. The number of hydrogen-bond donors (Lipinski definition) is 0. The number of rotatable bonds is 52. The van der Waals surface area contributed by atoms with Gasteiger partial charge in [0, 0.05) is 12.8 Å². The predicted octanol–water partition coefficient (Wildman–Crippen LogP) is 17.1. The smallest absolute Gasteiger partial charge is 0.306 e. The molecule has 0 aliphatic heterocycles. The van der Waals surface area contributed by atoms with Crippen LogP contribution in [0, 0.1) is 0 Å². The first-order valence-electron chi connectivity index (χ1n) is 28.6. The predicted molar refractivity (Wildman–Crippen MR) is 296 cm³/mol. The molecule has 0 aromatic carbocycles. The van der Waals surface area contributed by atoms with Crippen LogP contribution in [0.1, 0.15) is 245 Å². The molecule has 0 aromatic heterocycles. The Morgan fingerprint density at radius 3 is 1.21 bits per heavy atom. The van der Waals surface area contributed by atoms with Crippen molar-refractivity contribution in [2.45, 2.75) is 251 Å². The fourth-order valence-corrected chi connectivity index (χ4v) is 8.57. The Morgan fingerprint density at radius 2 is 0.814 bits per heavy atom. The molecule has 0 bridgehead atoms. The normalized spacial score (nSPS) is 13.9. The molecule has 2 atom stereocenters. The molecule has 0 heterocycles. The van der Waals surface area contributed by atoms with Gasteiger partial charge < -0.3 is 27.9 Å². The molecular weight excluding hydrogens is 894 g/mol. The zero-order chi connectivity index (χ0) is 51.3. The zero-order valence-electron chi connectivity index (χ0n) is 46.0. The molecule has 0 radical (unpaired) electrons. The fraction of sp³-hybridized carbons (Fsp3) is 0.767. The summed E-state index contributed by atoms with van der Waals surface area (Å²) in [5.74, 6) is -0.830. The summed E-state index contributed by atoms with van der Waals surface area (Å²) in [6, 6.07) is 0. The third-order valence-electron chi connectivity index (χ3n) is 12.2. The molecule has 70 heavy (non-hydrogen) atoms. The number of unbranched alkanes of at least 4 members (excludes halogenated alkanes) is 26. The van der Waals surface area contributed by atoms with Crippen LogP contribution in [0.5, 0.6) is 0 Å². The van der Waals surface area contributed by atoms with Gasteiger partial charge in [0.2, 0.25) is 0 Å². The van der Waals surface area contributed by atoms with E-state index >= 15 is 0 Å². The summed E-state index contributed by atoms with van der Waals surface area (Å²) in [5, 5.41) is 0. The van der Waals surface area contributed by atoms with Gasteiger partial charge in [-0.25, -0.2) is 0 Å². The van der Waals surface area contributed by atoms with Crippen molar-refractivity contribution in [3.05, 3.63) is 72.9 Å². The topological polar surface area (TPSA) is 111 Å². The van der Waals surface area contributed by atoms with Crippen molar-refractivity contribution in [3.8, 4) is 0 Å². The van der Waals surface area contributed by atoms with Crippen LogP contribution in [0.2, 0.25) is 0 Å². The van der Waals surface area contributed by atoms with Gasteiger partial charge in [-0.1, -0.05) is 241 Å². The Balaban J connectivity index is 4.12. The molecule has 0 saturated heterocycles. The molecule has 406 valence electrons. The zero-order valence-corrected chi connectivity index (χ0v) is 46.8. The summed E-state index contributed by atoms with van der Waals surface area (Å²) < 4.78 is 34.1. The summed E-state index contributed by atoms with van der Waals surface area (Å²) in [4.78, 5) is 37.8. The van der Waals surface area contributed by atoms with E-state index in [4.69, 9.17) is 18.5 Å². The van der Waals surface area contributed by atoms with Gasteiger partial charge in [0.05, 0.1) is 27.7 Å². The third kappa shape index (κ3) is 54.8. The maximum atomic E-state index is 12.8. The lowest BCUT2D eigenvalue weighted by Gasteiger charge is -2.28. The highest BCUT2D eigenvalue weighted by molar-refractivity contribution is 7.45. The van der Waals surface area contributed by atoms with Gasteiger partial charge >= 0.3 is 11.9 Å². The second kappa shape index (κ2) is 51.4. The van der Waals surface area contributed by atoms with E-state index in [1.54, 1.807) is 0 Å². The van der Waals surface area contributed by atoms with Gasteiger partial charge in [0.1, 0.15) is 19.8 Å². The van der Waals surface area contributed by atoms with Crippen molar-refractivity contribution in [2.24, 2.45) is 0 Å². The first-order chi connectivity index (χ1) is 34.0. The first kappa shape index (κ1) is 67.5. The van der Waals surface area contributed by atoms with Gasteiger partial charge in [-0.05, 0) is 64.2 Å². The van der Waals surface area contributed by atoms with Crippen molar-refractivity contribution in [3.63, 3.8) is 0 Å². The lowest BCUT2D eigenvalue weighted by atomic mass is 10.0. The second-order valence-corrected chi connectivity index (χ2v) is 21.7. The van der Waals surface area contributed by atoms with Crippen molar-refractivity contribution in [1.29, 1.82) is 0 Å². The van der Waals surface area contributed by atoms with E-state index in [-0.39, 0.29) is 32.0 Å². The Bertz CT molecular complexity index is 1410. The van der Waals surface area contributed by atoms with Crippen molar-refractivity contribution < 1.29 is 42.1 Å². The molecule has 0 rings (SSSR count). The van der Waals surface area contributed by atoms with E-state index in [1.165, 1.54) is 135 Å². The molecule has 9 nitrogen and oxygen atoms in total. The van der Waals surface area contributed by atoms with E-state index in [1.807, 2.05) is 21.1 Å². The Kier molecular flexibility index (Phi) is 49.5. The number of allylic oxidation sites excluding steroid dienone is 12. The van der Waals surface area contributed by atoms with Crippen LogP contribution >= 0.6 is 7.82 Å². The lowest BCUT2D eigenvalue weighted by Crippen LogP contribution is -2.37. The van der Waals surface area contributed by atoms with Crippen LogP contribution in [0.4, 0.5) is 0 Å². The molecule has 0 aliphatic rings. The molecule has 0 N–H and O–H groups in total. The maximum Gasteiger partial charge on any atom is 0.306 e. The third-order valence-corrected chi connectivity index (χ3v) is 13.2. The monoisotopic (exact) mass is 1000 g/mol. The van der Waals surface area contributed by atoms with Crippen LogP contribution in [-0.4, -0.2) is 70.0 Å². The summed E-state index contributed by atoms with van der Waals surface area (Å²) >= 11 is 0. The van der Waals surface area contributed by atoms with E-state index in [0.29, 0.717) is 17.4 Å². The van der Waals surface area contributed by atoms with Crippen LogP contribution in [0.25, 0.3) is 0 Å². The first-order valence-corrected chi connectivity index (χ1v) is 30.1. The minimum Gasteiger partial charge on any atom is -0.756 e. The average molecular weight is 1000 g/mol. The number of likely N-dealkylation sites (N-methyl/N-ethyl adjacent to an activating group) is 1. The number of phosphoric acid groups is 1. The Labute approximate surface area is 431 Å². The molecule has 0 aromatic rings. The minimum atomic E-state index is -4.63. The van der Waals surface area contributed by atoms with Crippen LogP contribution < -0.4 is 4.89 Å². The highest BCUT2D eigenvalue weighted by Gasteiger charge is 2.21. The Morgan fingerprint density at radius 1 is 0.457 bits per heavy atom.